The molecule has 0 atom stereocenters. The van der Waals surface area contributed by atoms with E-state index in [-0.39, 0.29) is 18.0 Å². The van der Waals surface area contributed by atoms with E-state index in [1.54, 1.807) is 42.5 Å². The average molecular weight is 408 g/mol. The highest BCUT2D eigenvalue weighted by molar-refractivity contribution is 5.92. The lowest BCUT2D eigenvalue weighted by Gasteiger charge is -2.10. The summed E-state index contributed by atoms with van der Waals surface area (Å²) in [6, 6.07) is 20.0. The maximum atomic E-state index is 12.1. The topological polar surface area (TPSA) is 99.9 Å². The number of ether oxygens (including phenoxy) is 3. The van der Waals surface area contributed by atoms with Crippen LogP contribution in [0.2, 0.25) is 0 Å². The fraction of sp³-hybridized carbons (Fsp3) is 0.136. The van der Waals surface area contributed by atoms with Gasteiger partial charge in [-0.3, -0.25) is 14.9 Å². The molecule has 0 aromatic heterocycles. The van der Waals surface area contributed by atoms with Crippen molar-refractivity contribution in [2.24, 2.45) is 0 Å². The van der Waals surface area contributed by atoms with Crippen molar-refractivity contribution in [3.8, 4) is 23.0 Å². The molecule has 0 saturated carbocycles. The zero-order valence-corrected chi connectivity index (χ0v) is 16.2. The number of hydrogen-bond donors (Lipinski definition) is 1. The molecule has 8 heteroatoms. The van der Waals surface area contributed by atoms with Gasteiger partial charge in [0.15, 0.2) is 12.4 Å². The summed E-state index contributed by atoms with van der Waals surface area (Å²) in [5.74, 6) is 1.64. The fourth-order valence-corrected chi connectivity index (χ4v) is 2.58. The smallest absolute Gasteiger partial charge is 0.310 e. The molecular weight excluding hydrogens is 388 g/mol. The van der Waals surface area contributed by atoms with Gasteiger partial charge in [-0.15, -0.1) is 0 Å². The predicted molar refractivity (Wildman–Crippen MR) is 111 cm³/mol. The molecule has 3 rings (SSSR count). The van der Waals surface area contributed by atoms with E-state index in [0.717, 1.165) is 5.75 Å². The van der Waals surface area contributed by atoms with Crippen LogP contribution in [0.25, 0.3) is 0 Å². The highest BCUT2D eigenvalue weighted by Crippen LogP contribution is 2.26. The molecule has 3 aromatic carbocycles. The Morgan fingerprint density at radius 2 is 1.50 bits per heavy atom. The second-order valence-electron chi connectivity index (χ2n) is 6.09. The van der Waals surface area contributed by atoms with Crippen LogP contribution < -0.4 is 19.5 Å². The average Bonchev–Trinajstić information content (AvgIpc) is 2.75. The van der Waals surface area contributed by atoms with Gasteiger partial charge in [-0.25, -0.2) is 0 Å². The van der Waals surface area contributed by atoms with Crippen molar-refractivity contribution in [2.75, 3.05) is 18.5 Å². The van der Waals surface area contributed by atoms with E-state index in [1.165, 1.54) is 18.2 Å². The molecule has 30 heavy (non-hydrogen) atoms. The van der Waals surface area contributed by atoms with Gasteiger partial charge >= 0.3 is 5.69 Å². The number of benzene rings is 3. The number of nitro groups is 1. The molecule has 0 aliphatic heterocycles. The highest BCUT2D eigenvalue weighted by Gasteiger charge is 2.15. The van der Waals surface area contributed by atoms with Gasteiger partial charge in [0.25, 0.3) is 5.91 Å². The van der Waals surface area contributed by atoms with Crippen LogP contribution in [0.1, 0.15) is 6.92 Å². The molecule has 1 N–H and O–H groups in total. The molecule has 154 valence electrons. The summed E-state index contributed by atoms with van der Waals surface area (Å²) in [7, 11) is 0. The zero-order chi connectivity index (χ0) is 21.3. The monoisotopic (exact) mass is 408 g/mol. The van der Waals surface area contributed by atoms with E-state index in [9.17, 15) is 14.9 Å². The number of nitrogens with one attached hydrogen (secondary N) is 1. The molecule has 0 unspecified atom stereocenters. The number of para-hydroxylation sites is 2. The van der Waals surface area contributed by atoms with E-state index >= 15 is 0 Å². The number of rotatable bonds is 9. The molecule has 0 spiro atoms. The van der Waals surface area contributed by atoms with Gasteiger partial charge in [0.2, 0.25) is 0 Å². The van der Waals surface area contributed by atoms with E-state index in [2.05, 4.69) is 5.32 Å². The molecular formula is C22H20N2O6. The number of nitrogens with zero attached hydrogens (tertiary/aromatic N) is 1. The van der Waals surface area contributed by atoms with Crippen LogP contribution in [0.5, 0.6) is 23.0 Å². The molecule has 0 radical (unpaired) electrons. The molecule has 8 nitrogen and oxygen atoms in total. The quantitative estimate of drug-likeness (QED) is 0.403. The number of amides is 1. The molecule has 0 aliphatic rings. The molecule has 0 bridgehead atoms. The summed E-state index contributed by atoms with van der Waals surface area (Å²) in [4.78, 5) is 22.5. The van der Waals surface area contributed by atoms with E-state index < -0.39 is 10.8 Å². The van der Waals surface area contributed by atoms with E-state index in [0.29, 0.717) is 23.8 Å². The Morgan fingerprint density at radius 3 is 2.13 bits per heavy atom. The fourth-order valence-electron chi connectivity index (χ4n) is 2.58. The van der Waals surface area contributed by atoms with Crippen LogP contribution in [0.4, 0.5) is 11.4 Å². The minimum atomic E-state index is -0.559. The highest BCUT2D eigenvalue weighted by atomic mass is 16.6. The third kappa shape index (κ3) is 5.71. The predicted octanol–water partition coefficient (Wildman–Crippen LogP) is 4.80. The van der Waals surface area contributed by atoms with Crippen LogP contribution in [0, 0.1) is 10.1 Å². The molecule has 1 amide bonds. The minimum absolute atomic E-state index is 0.0387. The summed E-state index contributed by atoms with van der Waals surface area (Å²) in [6.07, 6.45) is 0. The SMILES string of the molecule is CCOc1ccc(Oc2ccc(NC(=O)COc3ccccc3[N+](=O)[O-])cc2)cc1. The minimum Gasteiger partial charge on any atom is -0.494 e. The first-order valence-corrected chi connectivity index (χ1v) is 9.22. The van der Waals surface area contributed by atoms with Gasteiger partial charge in [-0.1, -0.05) is 12.1 Å². The first-order valence-electron chi connectivity index (χ1n) is 9.22. The van der Waals surface area contributed by atoms with Crippen molar-refractivity contribution in [1.82, 2.24) is 0 Å². The Labute approximate surface area is 173 Å². The standard InChI is InChI=1S/C22H20N2O6/c1-2-28-17-11-13-19(14-12-17)30-18-9-7-16(8-10-18)23-22(25)15-29-21-6-4-3-5-20(21)24(26)27/h3-14H,2,15H2,1H3,(H,23,25). The summed E-state index contributed by atoms with van der Waals surface area (Å²) in [5.41, 5.74) is 0.353. The van der Waals surface area contributed by atoms with Crippen molar-refractivity contribution in [3.63, 3.8) is 0 Å². The van der Waals surface area contributed by atoms with Crippen LogP contribution in [0.15, 0.2) is 72.8 Å². The maximum absolute atomic E-state index is 12.1. The Bertz CT molecular complexity index is 1000. The second-order valence-corrected chi connectivity index (χ2v) is 6.09. The van der Waals surface area contributed by atoms with E-state index in [1.807, 2.05) is 19.1 Å². The third-order valence-corrected chi connectivity index (χ3v) is 3.93. The van der Waals surface area contributed by atoms with Crippen LogP contribution in [0.3, 0.4) is 0 Å². The van der Waals surface area contributed by atoms with Gasteiger partial charge in [-0.2, -0.15) is 0 Å². The first kappa shape index (κ1) is 20.7. The summed E-state index contributed by atoms with van der Waals surface area (Å²) >= 11 is 0. The lowest BCUT2D eigenvalue weighted by molar-refractivity contribution is -0.385. The van der Waals surface area contributed by atoms with E-state index in [4.69, 9.17) is 14.2 Å². The van der Waals surface area contributed by atoms with Crippen molar-refractivity contribution in [3.05, 3.63) is 82.9 Å². The number of carbonyl (C=O) groups excluding carboxylic acids is 1. The van der Waals surface area contributed by atoms with Gasteiger partial charge in [0, 0.05) is 11.8 Å². The van der Waals surface area contributed by atoms with Crippen LogP contribution >= 0.6 is 0 Å². The van der Waals surface area contributed by atoms with Gasteiger partial charge in [0.1, 0.15) is 17.2 Å². The van der Waals surface area contributed by atoms with Crippen molar-refractivity contribution >= 4 is 17.3 Å². The first-order chi connectivity index (χ1) is 14.5. The Morgan fingerprint density at radius 1 is 0.900 bits per heavy atom. The third-order valence-electron chi connectivity index (χ3n) is 3.93. The molecule has 0 fully saturated rings. The lowest BCUT2D eigenvalue weighted by Crippen LogP contribution is -2.20. The van der Waals surface area contributed by atoms with Gasteiger partial charge < -0.3 is 19.5 Å². The number of anilines is 1. The molecule has 0 aliphatic carbocycles. The Balaban J connectivity index is 1.52. The van der Waals surface area contributed by atoms with Gasteiger partial charge in [0.05, 0.1) is 11.5 Å². The lowest BCUT2D eigenvalue weighted by atomic mass is 10.3. The maximum Gasteiger partial charge on any atom is 0.310 e. The number of nitro benzene ring substituents is 1. The Kier molecular flexibility index (Phi) is 6.83. The van der Waals surface area contributed by atoms with Crippen molar-refractivity contribution in [2.45, 2.75) is 6.92 Å². The second kappa shape index (κ2) is 9.92. The normalized spacial score (nSPS) is 10.2. The van der Waals surface area contributed by atoms with Crippen LogP contribution in [-0.2, 0) is 4.79 Å². The number of hydrogen-bond acceptors (Lipinski definition) is 6. The summed E-state index contributed by atoms with van der Waals surface area (Å²) in [6.45, 7) is 2.17. The van der Waals surface area contributed by atoms with Crippen molar-refractivity contribution < 1.29 is 23.9 Å². The summed E-state index contributed by atoms with van der Waals surface area (Å²) < 4.78 is 16.4. The van der Waals surface area contributed by atoms with Crippen molar-refractivity contribution in [1.29, 1.82) is 0 Å². The number of carbonyl (C=O) groups is 1. The largest absolute Gasteiger partial charge is 0.494 e. The molecule has 0 heterocycles. The van der Waals surface area contributed by atoms with Crippen LogP contribution in [-0.4, -0.2) is 24.0 Å². The van der Waals surface area contributed by atoms with Gasteiger partial charge in [-0.05, 0) is 61.5 Å². The molecule has 3 aromatic rings. The molecule has 0 saturated heterocycles. The summed E-state index contributed by atoms with van der Waals surface area (Å²) in [5, 5.41) is 13.6. The Hall–Kier alpha value is -4.07. The zero-order valence-electron chi connectivity index (χ0n) is 16.2.